The van der Waals surface area contributed by atoms with Crippen LogP contribution in [0, 0.1) is 5.92 Å². The number of ether oxygens (including phenoxy) is 1. The van der Waals surface area contributed by atoms with E-state index < -0.39 is 20.0 Å². The highest BCUT2D eigenvalue weighted by atomic mass is 28.4. The predicted molar refractivity (Wildman–Crippen MR) is 166 cm³/mol. The van der Waals surface area contributed by atoms with Crippen LogP contribution in [0.2, 0.25) is 18.6 Å². The van der Waals surface area contributed by atoms with E-state index in [1.807, 2.05) is 99.0 Å². The molecular weight excluding hydrogens is 546 g/mol. The standard InChI is InChI=1S/C33H37N3O5Si/c1-21-31(42(2,3)40)29(15-16-37)41-33(21)26-18-24(35-30(38)17-23-19-34-27-12-8-7-11-25(23)27)13-14-28(26)36(32(33)39)20-22-9-5-4-6-10-22/h4-14,18-19,21,29,31,34,37,40H,15-17,20H2,1-3H3,(H,35,38)/t21-,29+,31-,33+/m0/s1. The second kappa shape index (κ2) is 10.8. The van der Waals surface area contributed by atoms with Gasteiger partial charge in [0.25, 0.3) is 5.91 Å². The van der Waals surface area contributed by atoms with Gasteiger partial charge in [-0.05, 0) is 54.9 Å². The molecule has 1 spiro atoms. The minimum Gasteiger partial charge on any atom is -0.432 e. The van der Waals surface area contributed by atoms with Crippen molar-refractivity contribution in [2.75, 3.05) is 16.8 Å². The number of H-pyrrole nitrogens is 1. The van der Waals surface area contributed by atoms with Gasteiger partial charge in [0.05, 0.1) is 24.8 Å². The van der Waals surface area contributed by atoms with E-state index in [2.05, 4.69) is 10.3 Å². The van der Waals surface area contributed by atoms with E-state index in [1.165, 1.54) is 0 Å². The van der Waals surface area contributed by atoms with Gasteiger partial charge >= 0.3 is 0 Å². The second-order valence-corrected chi connectivity index (χ2v) is 16.0. The van der Waals surface area contributed by atoms with Crippen molar-refractivity contribution in [3.8, 4) is 0 Å². The second-order valence-electron chi connectivity index (χ2n) is 12.1. The molecule has 0 saturated carbocycles. The molecule has 2 amide bonds. The van der Waals surface area contributed by atoms with E-state index in [1.54, 1.807) is 4.90 Å². The Bertz CT molecular complexity index is 1630. The molecule has 4 aromatic rings. The Kier molecular flexibility index (Phi) is 7.30. The summed E-state index contributed by atoms with van der Waals surface area (Å²) >= 11 is 0. The van der Waals surface area contributed by atoms with Gasteiger partial charge in [-0.2, -0.15) is 0 Å². The van der Waals surface area contributed by atoms with E-state index in [-0.39, 0.29) is 36.3 Å². The molecule has 9 heteroatoms. The van der Waals surface area contributed by atoms with Crippen LogP contribution >= 0.6 is 0 Å². The number of fused-ring (bicyclic) bond motifs is 3. The summed E-state index contributed by atoms with van der Waals surface area (Å²) < 4.78 is 6.71. The summed E-state index contributed by atoms with van der Waals surface area (Å²) in [7, 11) is -2.81. The maximum absolute atomic E-state index is 14.5. The van der Waals surface area contributed by atoms with Crippen molar-refractivity contribution >= 4 is 42.4 Å². The maximum atomic E-state index is 14.5. The smallest absolute Gasteiger partial charge is 0.264 e. The Balaban J connectivity index is 1.37. The molecule has 1 saturated heterocycles. The number of carbonyl (C=O) groups excluding carboxylic acids is 2. The first-order valence-electron chi connectivity index (χ1n) is 14.5. The molecule has 3 heterocycles. The van der Waals surface area contributed by atoms with Crippen LogP contribution in [-0.4, -0.2) is 47.7 Å². The average Bonchev–Trinajstić information content (AvgIpc) is 3.57. The van der Waals surface area contributed by atoms with Crippen molar-refractivity contribution in [1.82, 2.24) is 4.98 Å². The first-order valence-corrected chi connectivity index (χ1v) is 17.5. The van der Waals surface area contributed by atoms with Gasteiger partial charge in [-0.3, -0.25) is 9.59 Å². The predicted octanol–water partition coefficient (Wildman–Crippen LogP) is 5.08. The largest absolute Gasteiger partial charge is 0.432 e. The van der Waals surface area contributed by atoms with E-state index in [0.29, 0.717) is 24.2 Å². The van der Waals surface area contributed by atoms with E-state index in [4.69, 9.17) is 4.74 Å². The number of para-hydroxylation sites is 1. The van der Waals surface area contributed by atoms with Gasteiger partial charge in [0.15, 0.2) is 13.9 Å². The van der Waals surface area contributed by atoms with E-state index in [0.717, 1.165) is 27.7 Å². The number of hydrogen-bond donors (Lipinski definition) is 4. The topological polar surface area (TPSA) is 115 Å². The van der Waals surface area contributed by atoms with Gasteiger partial charge in [0, 0.05) is 46.4 Å². The molecular formula is C33H37N3O5Si. The van der Waals surface area contributed by atoms with Crippen molar-refractivity contribution < 1.29 is 24.2 Å². The zero-order chi connectivity index (χ0) is 29.6. The van der Waals surface area contributed by atoms with Gasteiger partial charge in [-0.15, -0.1) is 0 Å². The molecule has 2 aliphatic rings. The molecule has 4 N–H and O–H groups in total. The minimum absolute atomic E-state index is 0.104. The number of carbonyl (C=O) groups is 2. The van der Waals surface area contributed by atoms with Gasteiger partial charge in [0.1, 0.15) is 0 Å². The molecule has 0 aliphatic carbocycles. The monoisotopic (exact) mass is 583 g/mol. The van der Waals surface area contributed by atoms with Gasteiger partial charge in [0.2, 0.25) is 5.91 Å². The molecule has 1 aromatic heterocycles. The summed E-state index contributed by atoms with van der Waals surface area (Å²) in [5.41, 5.74) is 3.25. The number of aliphatic hydroxyl groups is 1. The van der Waals surface area contributed by atoms with Gasteiger partial charge < -0.3 is 29.8 Å². The lowest BCUT2D eigenvalue weighted by atomic mass is 9.82. The fraction of sp³-hybridized carbons (Fsp3) is 0.333. The molecule has 0 radical (unpaired) electrons. The van der Waals surface area contributed by atoms with Crippen LogP contribution in [0.5, 0.6) is 0 Å². The van der Waals surface area contributed by atoms with Crippen LogP contribution < -0.4 is 10.2 Å². The molecule has 218 valence electrons. The summed E-state index contributed by atoms with van der Waals surface area (Å²) in [6, 6.07) is 23.2. The third-order valence-corrected chi connectivity index (χ3v) is 11.4. The van der Waals surface area contributed by atoms with Crippen LogP contribution in [0.4, 0.5) is 11.4 Å². The third kappa shape index (κ3) is 4.76. The molecule has 1 fully saturated rings. The number of aromatic amines is 1. The van der Waals surface area contributed by atoms with E-state index in [9.17, 15) is 19.5 Å². The van der Waals surface area contributed by atoms with Crippen LogP contribution in [0.3, 0.4) is 0 Å². The number of benzene rings is 3. The number of nitrogens with zero attached hydrogens (tertiary/aromatic N) is 1. The molecule has 42 heavy (non-hydrogen) atoms. The van der Waals surface area contributed by atoms with Crippen LogP contribution in [0.1, 0.15) is 30.0 Å². The number of nitrogens with one attached hydrogen (secondary N) is 2. The summed E-state index contributed by atoms with van der Waals surface area (Å²) in [4.78, 5) is 44.0. The summed E-state index contributed by atoms with van der Waals surface area (Å²) in [6.07, 6.45) is 1.92. The Labute approximate surface area is 246 Å². The van der Waals surface area contributed by atoms with Crippen molar-refractivity contribution in [2.45, 2.75) is 56.7 Å². The highest BCUT2D eigenvalue weighted by Crippen LogP contribution is 2.60. The van der Waals surface area contributed by atoms with Crippen molar-refractivity contribution in [1.29, 1.82) is 0 Å². The summed E-state index contributed by atoms with van der Waals surface area (Å²) in [6.45, 7) is 5.97. The third-order valence-electron chi connectivity index (χ3n) is 8.89. The number of anilines is 2. The summed E-state index contributed by atoms with van der Waals surface area (Å²) in [5, 5.41) is 13.9. The zero-order valence-corrected chi connectivity index (χ0v) is 25.1. The fourth-order valence-electron chi connectivity index (χ4n) is 7.13. The van der Waals surface area contributed by atoms with Crippen molar-refractivity contribution in [3.63, 3.8) is 0 Å². The lowest BCUT2D eigenvalue weighted by molar-refractivity contribution is -0.146. The van der Waals surface area contributed by atoms with Gasteiger partial charge in [-0.1, -0.05) is 55.5 Å². The SMILES string of the molecule is C[C@H]1[C@H]([Si](C)(C)O)[C@@H](CCO)O[C@]12C(=O)N(Cc1ccccc1)c1ccc(NC(=O)Cc3c[nH]c4ccccc34)cc12. The number of hydrogen-bond acceptors (Lipinski definition) is 5. The van der Waals surface area contributed by atoms with E-state index >= 15 is 0 Å². The number of amides is 2. The Morgan fingerprint density at radius 3 is 2.57 bits per heavy atom. The number of aliphatic hydroxyl groups excluding tert-OH is 1. The molecule has 2 aliphatic heterocycles. The quantitative estimate of drug-likeness (QED) is 0.216. The average molecular weight is 584 g/mol. The minimum atomic E-state index is -2.81. The number of rotatable bonds is 8. The Morgan fingerprint density at radius 2 is 1.83 bits per heavy atom. The molecule has 0 bridgehead atoms. The first kappa shape index (κ1) is 28.4. The van der Waals surface area contributed by atoms with Crippen molar-refractivity contribution in [3.05, 3.63) is 95.7 Å². The first-order chi connectivity index (χ1) is 20.1. The molecule has 3 aromatic carbocycles. The molecule has 4 atom stereocenters. The fourth-order valence-corrected chi connectivity index (χ4v) is 9.73. The zero-order valence-electron chi connectivity index (χ0n) is 24.1. The highest BCUT2D eigenvalue weighted by molar-refractivity contribution is 6.71. The van der Waals surface area contributed by atoms with Crippen LogP contribution in [-0.2, 0) is 32.9 Å². The highest BCUT2D eigenvalue weighted by Gasteiger charge is 2.66. The van der Waals surface area contributed by atoms with Crippen molar-refractivity contribution in [2.24, 2.45) is 5.92 Å². The Hall–Kier alpha value is -3.76. The molecule has 0 unspecified atom stereocenters. The van der Waals surface area contributed by atoms with Crippen LogP contribution in [0.25, 0.3) is 10.9 Å². The Morgan fingerprint density at radius 1 is 1.10 bits per heavy atom. The summed E-state index contributed by atoms with van der Waals surface area (Å²) in [5.74, 6) is -0.690. The normalized spacial score (nSPS) is 23.6. The van der Waals surface area contributed by atoms with Crippen LogP contribution in [0.15, 0.2) is 79.0 Å². The molecule has 6 rings (SSSR count). The molecule has 8 nitrogen and oxygen atoms in total. The number of aromatic nitrogens is 1. The lowest BCUT2D eigenvalue weighted by Crippen LogP contribution is -2.46. The van der Waals surface area contributed by atoms with Gasteiger partial charge in [-0.25, -0.2) is 0 Å². The lowest BCUT2D eigenvalue weighted by Gasteiger charge is -2.32. The maximum Gasteiger partial charge on any atom is 0.264 e.